The Labute approximate surface area is 136 Å². The van der Waals surface area contributed by atoms with Crippen molar-refractivity contribution in [3.05, 3.63) is 51.6 Å². The molecule has 0 spiro atoms. The minimum Gasteiger partial charge on any atom is -0.485 e. The van der Waals surface area contributed by atoms with Gasteiger partial charge in [-0.25, -0.2) is 0 Å². The fraction of sp³-hybridized carbons (Fsp3) is 0.188. The predicted molar refractivity (Wildman–Crippen MR) is 88.9 cm³/mol. The molecule has 1 aliphatic heterocycles. The smallest absolute Gasteiger partial charge is 0.269 e. The molecular formula is C16H14INO3. The number of rotatable bonds is 2. The van der Waals surface area contributed by atoms with E-state index >= 15 is 0 Å². The van der Waals surface area contributed by atoms with Crippen molar-refractivity contribution in [1.82, 2.24) is 0 Å². The lowest BCUT2D eigenvalue weighted by Crippen LogP contribution is -2.40. The second kappa shape index (κ2) is 5.93. The summed E-state index contributed by atoms with van der Waals surface area (Å²) in [6.07, 6.45) is -0.640. The first-order valence-corrected chi connectivity index (χ1v) is 7.67. The number of hydrogen-bond donors (Lipinski definition) is 1. The molecule has 4 nitrogen and oxygen atoms in total. The van der Waals surface area contributed by atoms with Crippen molar-refractivity contribution in [3.63, 3.8) is 0 Å². The van der Waals surface area contributed by atoms with Gasteiger partial charge in [0, 0.05) is 9.26 Å². The Kier molecular flexibility index (Phi) is 4.01. The fourth-order valence-electron chi connectivity index (χ4n) is 2.04. The molecule has 0 aromatic heterocycles. The summed E-state index contributed by atoms with van der Waals surface area (Å²) in [6.45, 7) is 2.24. The first-order valence-electron chi connectivity index (χ1n) is 6.59. The Morgan fingerprint density at radius 1 is 1.24 bits per heavy atom. The molecule has 2 aromatic carbocycles. The SMILES string of the molecule is Cc1ccc(NC(=O)[C@@H]2COc3ccccc3O2)cc1I. The van der Waals surface area contributed by atoms with E-state index in [9.17, 15) is 4.79 Å². The molecule has 1 atom stereocenters. The zero-order chi connectivity index (χ0) is 14.8. The molecule has 2 aromatic rings. The molecule has 0 radical (unpaired) electrons. The van der Waals surface area contributed by atoms with Crippen molar-refractivity contribution in [3.8, 4) is 11.5 Å². The summed E-state index contributed by atoms with van der Waals surface area (Å²) in [5.41, 5.74) is 1.94. The van der Waals surface area contributed by atoms with Crippen LogP contribution in [0.4, 0.5) is 5.69 Å². The van der Waals surface area contributed by atoms with Gasteiger partial charge in [0.25, 0.3) is 5.91 Å². The molecule has 5 heteroatoms. The number of benzene rings is 2. The Bertz CT molecular complexity index is 687. The Hall–Kier alpha value is -1.76. The van der Waals surface area contributed by atoms with Gasteiger partial charge >= 0.3 is 0 Å². The van der Waals surface area contributed by atoms with E-state index in [1.54, 1.807) is 6.07 Å². The maximum Gasteiger partial charge on any atom is 0.269 e. The van der Waals surface area contributed by atoms with Gasteiger partial charge in [0.2, 0.25) is 6.10 Å². The molecule has 1 heterocycles. The molecule has 0 fully saturated rings. The highest BCUT2D eigenvalue weighted by molar-refractivity contribution is 14.1. The highest BCUT2D eigenvalue weighted by atomic mass is 127. The first-order chi connectivity index (χ1) is 10.1. The van der Waals surface area contributed by atoms with Crippen LogP contribution in [0.15, 0.2) is 42.5 Å². The minimum atomic E-state index is -0.640. The number of hydrogen-bond acceptors (Lipinski definition) is 3. The second-order valence-electron chi connectivity index (χ2n) is 4.82. The van der Waals surface area contributed by atoms with Gasteiger partial charge in [-0.3, -0.25) is 4.79 Å². The zero-order valence-electron chi connectivity index (χ0n) is 11.4. The molecule has 108 valence electrons. The van der Waals surface area contributed by atoms with Crippen LogP contribution in [0.2, 0.25) is 0 Å². The summed E-state index contributed by atoms with van der Waals surface area (Å²) in [4.78, 5) is 12.3. The van der Waals surface area contributed by atoms with Crippen LogP contribution in [-0.2, 0) is 4.79 Å². The van der Waals surface area contributed by atoms with Gasteiger partial charge in [-0.1, -0.05) is 18.2 Å². The van der Waals surface area contributed by atoms with Crippen LogP contribution in [0.5, 0.6) is 11.5 Å². The molecule has 1 N–H and O–H groups in total. The van der Waals surface area contributed by atoms with Crippen molar-refractivity contribution in [2.24, 2.45) is 0 Å². The third-order valence-corrected chi connectivity index (χ3v) is 4.40. The summed E-state index contributed by atoms with van der Waals surface area (Å²) >= 11 is 2.24. The average molecular weight is 395 g/mol. The van der Waals surface area contributed by atoms with E-state index in [1.807, 2.05) is 43.3 Å². The van der Waals surface area contributed by atoms with E-state index in [0.29, 0.717) is 11.5 Å². The number of fused-ring (bicyclic) bond motifs is 1. The lowest BCUT2D eigenvalue weighted by molar-refractivity contribution is -0.125. The van der Waals surface area contributed by atoms with E-state index in [2.05, 4.69) is 27.9 Å². The zero-order valence-corrected chi connectivity index (χ0v) is 13.6. The van der Waals surface area contributed by atoms with Gasteiger partial charge in [-0.2, -0.15) is 0 Å². The van der Waals surface area contributed by atoms with Gasteiger partial charge < -0.3 is 14.8 Å². The summed E-state index contributed by atoms with van der Waals surface area (Å²) in [5, 5.41) is 2.86. The Balaban J connectivity index is 1.70. The number of amides is 1. The van der Waals surface area contributed by atoms with Crippen LogP contribution in [-0.4, -0.2) is 18.6 Å². The van der Waals surface area contributed by atoms with Crippen LogP contribution in [0, 0.1) is 10.5 Å². The number of halogens is 1. The number of para-hydroxylation sites is 2. The molecule has 0 unspecified atom stereocenters. The number of anilines is 1. The number of nitrogens with one attached hydrogen (secondary N) is 1. The summed E-state index contributed by atoms with van der Waals surface area (Å²) in [5.74, 6) is 1.07. The second-order valence-corrected chi connectivity index (χ2v) is 5.98. The number of carbonyl (C=O) groups excluding carboxylic acids is 1. The van der Waals surface area contributed by atoms with Crippen LogP contribution >= 0.6 is 22.6 Å². The van der Waals surface area contributed by atoms with Crippen molar-refractivity contribution in [2.45, 2.75) is 13.0 Å². The molecular weight excluding hydrogens is 381 g/mol. The van der Waals surface area contributed by atoms with Crippen LogP contribution in [0.25, 0.3) is 0 Å². The topological polar surface area (TPSA) is 47.6 Å². The van der Waals surface area contributed by atoms with Crippen molar-refractivity contribution >= 4 is 34.2 Å². The summed E-state index contributed by atoms with van der Waals surface area (Å²) in [7, 11) is 0. The standard InChI is InChI=1S/C16H14INO3/c1-10-6-7-11(8-12(10)17)18-16(19)15-9-20-13-4-2-3-5-14(13)21-15/h2-8,15H,9H2,1H3,(H,18,19)/t15-/m0/s1. The summed E-state index contributed by atoms with van der Waals surface area (Å²) < 4.78 is 12.3. The summed E-state index contributed by atoms with van der Waals surface area (Å²) in [6, 6.07) is 13.1. The molecule has 0 saturated carbocycles. The van der Waals surface area contributed by atoms with Crippen LogP contribution < -0.4 is 14.8 Å². The van der Waals surface area contributed by atoms with E-state index in [0.717, 1.165) is 9.26 Å². The van der Waals surface area contributed by atoms with Crippen LogP contribution in [0.1, 0.15) is 5.56 Å². The van der Waals surface area contributed by atoms with E-state index in [-0.39, 0.29) is 12.5 Å². The first kappa shape index (κ1) is 14.2. The number of ether oxygens (including phenoxy) is 2. The van der Waals surface area contributed by atoms with Crippen molar-refractivity contribution < 1.29 is 14.3 Å². The monoisotopic (exact) mass is 395 g/mol. The van der Waals surface area contributed by atoms with Gasteiger partial charge in [0.1, 0.15) is 6.61 Å². The van der Waals surface area contributed by atoms with Gasteiger partial charge in [-0.15, -0.1) is 0 Å². The molecule has 0 aliphatic carbocycles. The third kappa shape index (κ3) is 3.12. The van der Waals surface area contributed by atoms with E-state index < -0.39 is 6.10 Å². The Morgan fingerprint density at radius 3 is 2.76 bits per heavy atom. The number of aryl methyl sites for hydroxylation is 1. The predicted octanol–water partition coefficient (Wildman–Crippen LogP) is 3.38. The van der Waals surface area contributed by atoms with E-state index in [4.69, 9.17) is 9.47 Å². The molecule has 1 amide bonds. The minimum absolute atomic E-state index is 0.204. The highest BCUT2D eigenvalue weighted by Gasteiger charge is 2.27. The van der Waals surface area contributed by atoms with Gasteiger partial charge in [0.05, 0.1) is 0 Å². The normalized spacial score (nSPS) is 16.4. The quantitative estimate of drug-likeness (QED) is 0.794. The molecule has 0 bridgehead atoms. The Morgan fingerprint density at radius 2 is 2.00 bits per heavy atom. The lowest BCUT2D eigenvalue weighted by Gasteiger charge is -2.25. The molecule has 0 saturated heterocycles. The molecule has 1 aliphatic rings. The molecule has 21 heavy (non-hydrogen) atoms. The van der Waals surface area contributed by atoms with Crippen LogP contribution in [0.3, 0.4) is 0 Å². The van der Waals surface area contributed by atoms with Gasteiger partial charge in [0.15, 0.2) is 11.5 Å². The maximum absolute atomic E-state index is 12.3. The molecule has 3 rings (SSSR count). The van der Waals surface area contributed by atoms with E-state index in [1.165, 1.54) is 5.56 Å². The fourth-order valence-corrected chi connectivity index (χ4v) is 2.56. The van der Waals surface area contributed by atoms with Crippen molar-refractivity contribution in [1.29, 1.82) is 0 Å². The highest BCUT2D eigenvalue weighted by Crippen LogP contribution is 2.31. The average Bonchev–Trinajstić information content (AvgIpc) is 2.50. The van der Waals surface area contributed by atoms with Gasteiger partial charge in [-0.05, 0) is 59.3 Å². The van der Waals surface area contributed by atoms with Crippen molar-refractivity contribution in [2.75, 3.05) is 11.9 Å². The lowest BCUT2D eigenvalue weighted by atomic mass is 10.2. The maximum atomic E-state index is 12.3. The largest absolute Gasteiger partial charge is 0.485 e. The third-order valence-electron chi connectivity index (χ3n) is 3.24. The number of carbonyl (C=O) groups is 1.